The van der Waals surface area contributed by atoms with E-state index in [1.807, 2.05) is 140 Å². The molecule has 6 rings (SSSR count). The van der Waals surface area contributed by atoms with Gasteiger partial charge >= 0.3 is 23.9 Å². The number of phenols is 4. The van der Waals surface area contributed by atoms with Crippen molar-refractivity contribution in [3.8, 4) is 34.5 Å². The number of rotatable bonds is 24. The van der Waals surface area contributed by atoms with Crippen molar-refractivity contribution in [1.82, 2.24) is 0 Å². The van der Waals surface area contributed by atoms with Gasteiger partial charge in [-0.1, -0.05) is 184 Å². The van der Waals surface area contributed by atoms with Gasteiger partial charge in [0.25, 0.3) is 0 Å². The van der Waals surface area contributed by atoms with Gasteiger partial charge in [0.15, 0.2) is 23.8 Å². The van der Waals surface area contributed by atoms with Crippen molar-refractivity contribution in [3.63, 3.8) is 0 Å². The second-order valence-electron chi connectivity index (χ2n) is 23.7. The summed E-state index contributed by atoms with van der Waals surface area (Å²) in [6.07, 6.45) is 32.3. The van der Waals surface area contributed by atoms with Crippen LogP contribution in [0.25, 0.3) is 24.3 Å². The number of Topliss-reactive ketones (excluding diaryl/α,β-unsaturated/α-hetero) is 2. The Bertz CT molecular complexity index is 3480. The summed E-state index contributed by atoms with van der Waals surface area (Å²) in [5.41, 5.74) is 8.57. The van der Waals surface area contributed by atoms with Gasteiger partial charge in [-0.05, 0) is 145 Å². The minimum absolute atomic E-state index is 0.0563. The summed E-state index contributed by atoms with van der Waals surface area (Å²) in [7, 11) is 0. The number of aromatic hydroxyl groups is 4. The fraction of sp³-hybridized carbons (Fsp3) is 0.263. The summed E-state index contributed by atoms with van der Waals surface area (Å²) >= 11 is 0. The fourth-order valence-corrected chi connectivity index (χ4v) is 10.1. The Balaban J connectivity index is 0.899. The molecule has 0 heterocycles. The highest BCUT2D eigenvalue weighted by atomic mass is 16.6. The lowest BCUT2D eigenvalue weighted by molar-refractivity contribution is -0.157. The number of hydrogen-bond donors (Lipinski definition) is 4. The zero-order valence-electron chi connectivity index (χ0n) is 52.7. The Morgan fingerprint density at radius 2 is 0.722 bits per heavy atom. The quantitative estimate of drug-likeness (QED) is 0.0222. The standard InChI is InChI=1S/C76H80O14/c1-49(17-13-19-51(3)21-35-65-53(5)73(85)67(47-75(65,7)8)89-71(83)39-37-69(81)87-63-31-27-55(28-32-63)23-25-57-41-59(77)45-60(78)42-57)15-11-12-16-50(2)18-14-20-52(4)22-36-66-54(6)74(86)68(48-76(66,9)10)90-72(84)40-38-70(82)88-64-33-29-56(30-34-64)24-26-58-43-61(79)46-62(80)44-58/h11-36,41-46,67-68,77-80H,37-40,47-48H2,1-10H3/b12-11+,17-13+,18-14+,25-23+,26-24+,35-21+,36-22+,49-15+,50-16+,51-19+,52-20+. The molecule has 4 N–H and O–H groups in total. The molecule has 14 heteroatoms. The Hall–Kier alpha value is -10.1. The first-order chi connectivity index (χ1) is 42.6. The SMILES string of the molecule is CC1=C(/C=C/C(C)=C/C=C/C(C)=C/C=C/C=C(C)/C=C/C=C(C)/C=C/C2=C(C)C(=O)C(OC(=O)CCC(=O)Oc3ccc(/C=C/c4cc(O)cc(O)c4)cc3)CC2(C)C)C(C)(C)CC(OC(=O)CCC(=O)Oc2ccc(/C=C/c3cc(O)cc(O)c3)cc2)C1=O. The van der Waals surface area contributed by atoms with E-state index in [9.17, 15) is 49.2 Å². The predicted octanol–water partition coefficient (Wildman–Crippen LogP) is 15.9. The lowest BCUT2D eigenvalue weighted by Gasteiger charge is -2.36. The highest BCUT2D eigenvalue weighted by Gasteiger charge is 2.41. The van der Waals surface area contributed by atoms with Gasteiger partial charge in [0.05, 0.1) is 25.7 Å². The topological polar surface area (TPSA) is 220 Å². The summed E-state index contributed by atoms with van der Waals surface area (Å²) in [4.78, 5) is 77.9. The zero-order valence-corrected chi connectivity index (χ0v) is 52.7. The van der Waals surface area contributed by atoms with Crippen LogP contribution in [0.15, 0.2) is 215 Å². The normalized spacial score (nSPS) is 17.8. The summed E-state index contributed by atoms with van der Waals surface area (Å²) in [5.74, 6) is -2.76. The van der Waals surface area contributed by atoms with Gasteiger partial charge in [0.2, 0.25) is 0 Å². The Morgan fingerprint density at radius 1 is 0.422 bits per heavy atom. The molecular formula is C76H80O14. The van der Waals surface area contributed by atoms with Crippen molar-refractivity contribution < 1.29 is 68.1 Å². The molecule has 0 fully saturated rings. The molecule has 0 amide bonds. The maximum atomic E-state index is 13.5. The third-order valence-corrected chi connectivity index (χ3v) is 14.9. The zero-order chi connectivity index (χ0) is 65.7. The van der Waals surface area contributed by atoms with Crippen LogP contribution in [-0.2, 0) is 38.2 Å². The molecular weight excluding hydrogens is 1140 g/mol. The molecule has 0 aliphatic heterocycles. The average Bonchev–Trinajstić information content (AvgIpc) is 0.804. The molecule has 2 aliphatic rings. The summed E-state index contributed by atoms with van der Waals surface area (Å²) in [5, 5.41) is 38.8. The number of phenolic OH excluding ortho intramolecular Hbond substituents is 4. The van der Waals surface area contributed by atoms with Crippen LogP contribution in [0.4, 0.5) is 0 Å². The first kappa shape index (κ1) is 69.0. The lowest BCUT2D eigenvalue weighted by Crippen LogP contribution is -2.39. The summed E-state index contributed by atoms with van der Waals surface area (Å²) in [6.45, 7) is 19.5. The molecule has 2 unspecified atom stereocenters. The molecule has 4 aromatic carbocycles. The van der Waals surface area contributed by atoms with E-state index in [2.05, 4.69) is 0 Å². The van der Waals surface area contributed by atoms with Crippen molar-refractivity contribution in [2.75, 3.05) is 0 Å². The van der Waals surface area contributed by atoms with E-state index in [4.69, 9.17) is 18.9 Å². The monoisotopic (exact) mass is 1220 g/mol. The van der Waals surface area contributed by atoms with Crippen LogP contribution < -0.4 is 9.47 Å². The highest BCUT2D eigenvalue weighted by molar-refractivity contribution is 6.02. The maximum Gasteiger partial charge on any atom is 0.311 e. The predicted molar refractivity (Wildman–Crippen MR) is 353 cm³/mol. The molecule has 0 saturated carbocycles. The summed E-state index contributed by atoms with van der Waals surface area (Å²) < 4.78 is 22.1. The van der Waals surface area contributed by atoms with E-state index in [1.165, 1.54) is 36.4 Å². The van der Waals surface area contributed by atoms with E-state index in [0.717, 1.165) is 44.6 Å². The van der Waals surface area contributed by atoms with Gasteiger partial charge in [-0.15, -0.1) is 0 Å². The van der Waals surface area contributed by atoms with Crippen LogP contribution in [0, 0.1) is 10.8 Å². The van der Waals surface area contributed by atoms with Crippen LogP contribution in [-0.4, -0.2) is 68.1 Å². The van der Waals surface area contributed by atoms with E-state index in [-0.39, 0.29) is 73.1 Å². The van der Waals surface area contributed by atoms with Crippen LogP contribution in [0.1, 0.15) is 130 Å². The van der Waals surface area contributed by atoms with Crippen LogP contribution in [0.5, 0.6) is 34.5 Å². The fourth-order valence-electron chi connectivity index (χ4n) is 10.1. The molecule has 2 aliphatic carbocycles. The van der Waals surface area contributed by atoms with Gasteiger partial charge in [-0.25, -0.2) is 0 Å². The largest absolute Gasteiger partial charge is 0.508 e. The number of ether oxygens (including phenoxy) is 4. The number of hydrogen-bond acceptors (Lipinski definition) is 14. The molecule has 0 aromatic heterocycles. The Labute approximate surface area is 527 Å². The number of allylic oxidation sites excluding steroid dienone is 20. The third kappa shape index (κ3) is 22.0. The van der Waals surface area contributed by atoms with Crippen LogP contribution in [0.3, 0.4) is 0 Å². The highest BCUT2D eigenvalue weighted by Crippen LogP contribution is 2.42. The van der Waals surface area contributed by atoms with Gasteiger partial charge in [0, 0.05) is 25.0 Å². The second kappa shape index (κ2) is 32.2. The maximum absolute atomic E-state index is 13.5. The number of ketones is 2. The lowest BCUT2D eigenvalue weighted by atomic mass is 9.71. The molecule has 2 atom stereocenters. The summed E-state index contributed by atoms with van der Waals surface area (Å²) in [6, 6.07) is 21.9. The number of benzene rings is 4. The van der Waals surface area contributed by atoms with Gasteiger partial charge < -0.3 is 39.4 Å². The van der Waals surface area contributed by atoms with Gasteiger partial charge in [-0.2, -0.15) is 0 Å². The Morgan fingerprint density at radius 3 is 1.07 bits per heavy atom. The van der Waals surface area contributed by atoms with Crippen LogP contribution in [0.2, 0.25) is 0 Å². The molecule has 90 heavy (non-hydrogen) atoms. The van der Waals surface area contributed by atoms with Crippen molar-refractivity contribution in [2.24, 2.45) is 10.8 Å². The van der Waals surface area contributed by atoms with Gasteiger partial charge in [0.1, 0.15) is 34.5 Å². The smallest absolute Gasteiger partial charge is 0.311 e. The van der Waals surface area contributed by atoms with E-state index in [1.54, 1.807) is 86.7 Å². The second-order valence-corrected chi connectivity index (χ2v) is 23.7. The first-order valence-corrected chi connectivity index (χ1v) is 29.6. The van der Waals surface area contributed by atoms with E-state index >= 15 is 0 Å². The van der Waals surface area contributed by atoms with E-state index in [0.29, 0.717) is 33.8 Å². The van der Waals surface area contributed by atoms with Crippen molar-refractivity contribution >= 4 is 59.7 Å². The van der Waals surface area contributed by atoms with Crippen molar-refractivity contribution in [1.29, 1.82) is 0 Å². The molecule has 14 nitrogen and oxygen atoms in total. The minimum Gasteiger partial charge on any atom is -0.508 e. The third-order valence-electron chi connectivity index (χ3n) is 14.9. The number of esters is 4. The van der Waals surface area contributed by atoms with E-state index < -0.39 is 46.9 Å². The Kier molecular flexibility index (Phi) is 24.7. The number of carbonyl (C=O) groups is 6. The molecule has 0 saturated heterocycles. The number of carbonyl (C=O) groups excluding carboxylic acids is 6. The van der Waals surface area contributed by atoms with Crippen LogP contribution >= 0.6 is 0 Å². The molecule has 4 aromatic rings. The molecule has 0 radical (unpaired) electrons. The first-order valence-electron chi connectivity index (χ1n) is 29.6. The van der Waals surface area contributed by atoms with Crippen molar-refractivity contribution in [2.45, 2.75) is 120 Å². The molecule has 0 spiro atoms. The van der Waals surface area contributed by atoms with Crippen molar-refractivity contribution in [3.05, 3.63) is 237 Å². The van der Waals surface area contributed by atoms with Gasteiger partial charge in [-0.3, -0.25) is 28.8 Å². The molecule has 0 bridgehead atoms. The average molecular weight is 1220 g/mol. The molecule has 468 valence electrons. The minimum atomic E-state index is -0.973.